The molecule has 252 valence electrons. The van der Waals surface area contributed by atoms with Crippen LogP contribution in [-0.4, -0.2) is 17.3 Å². The lowest BCUT2D eigenvalue weighted by molar-refractivity contribution is 0.103. The molecule has 0 bridgehead atoms. The van der Waals surface area contributed by atoms with Gasteiger partial charge in [-0.15, -0.1) is 0 Å². The van der Waals surface area contributed by atoms with Crippen LogP contribution in [0.25, 0.3) is 52.9 Å². The molecular weight excluding hydrogens is 681 g/mol. The smallest absolute Gasteiger partial charge is 0.240 e. The molecule has 0 amide bonds. The van der Waals surface area contributed by atoms with Gasteiger partial charge in [0.15, 0.2) is 28.7 Å². The first-order chi connectivity index (χ1) is 26.8. The van der Waals surface area contributed by atoms with Gasteiger partial charge >= 0.3 is 0 Å². The zero-order valence-electron chi connectivity index (χ0n) is 28.8. The Morgan fingerprint density at radius 3 is 1.62 bits per heavy atom. The number of benzene rings is 6. The van der Waals surface area contributed by atoms with Crippen LogP contribution in [0, 0.1) is 38.1 Å². The maximum absolute atomic E-state index is 12.9. The van der Waals surface area contributed by atoms with Crippen LogP contribution >= 0.6 is 0 Å². The molecule has 55 heavy (non-hydrogen) atoms. The molecule has 0 atom stereocenters. The summed E-state index contributed by atoms with van der Waals surface area (Å²) in [5.74, 6) is 5.80. The van der Waals surface area contributed by atoms with Gasteiger partial charge in [-0.2, -0.15) is 0 Å². The van der Waals surface area contributed by atoms with E-state index in [0.29, 0.717) is 68.1 Å². The van der Waals surface area contributed by atoms with E-state index in [4.69, 9.17) is 26.3 Å². The van der Waals surface area contributed by atoms with E-state index in [1.807, 2.05) is 48.5 Å². The summed E-state index contributed by atoms with van der Waals surface area (Å²) in [7, 11) is 0. The van der Waals surface area contributed by atoms with Gasteiger partial charge in [-0.3, -0.25) is 14.4 Å². The van der Waals surface area contributed by atoms with E-state index in [0.717, 1.165) is 38.9 Å². The number of rotatable bonds is 2. The van der Waals surface area contributed by atoms with Crippen molar-refractivity contribution in [3.05, 3.63) is 223 Å². The Kier molecular flexibility index (Phi) is 8.35. The lowest BCUT2D eigenvalue weighted by Crippen LogP contribution is -2.00. The lowest BCUT2D eigenvalue weighted by Gasteiger charge is -2.06. The summed E-state index contributed by atoms with van der Waals surface area (Å²) in [6.07, 6.45) is 0. The van der Waals surface area contributed by atoms with Crippen molar-refractivity contribution < 1.29 is 14.4 Å². The Hall–Kier alpha value is -8.41. The van der Waals surface area contributed by atoms with E-state index in [2.05, 4.69) is 31.2 Å². The molecule has 0 N–H and O–H groups in total. The first-order valence-electron chi connectivity index (χ1n) is 17.0. The summed E-state index contributed by atoms with van der Waals surface area (Å²) in [5.41, 5.74) is 11.2. The molecule has 0 saturated carbocycles. The average molecular weight is 703 g/mol. The van der Waals surface area contributed by atoms with Crippen molar-refractivity contribution in [3.63, 3.8) is 0 Å². The first-order valence-corrected chi connectivity index (χ1v) is 17.0. The standard InChI is InChI=1S/C24H10N2O2.C24H12N2O/c1-25-14-8-10-16-15-9-7-13(11-19(15)23(27)20(16)12-14)21-22(26-2)17-5-3-4-6-18(17)24(21)28;1-25-15-18-6-4-3-5-17(18)9-7-16-8-11-20-21-12-10-19(26-2)14-23(21)24(27)22(20)13-16/h3-12H;3-6,8,10-14H,15H2. The second-order valence-electron chi connectivity index (χ2n) is 12.8. The van der Waals surface area contributed by atoms with Gasteiger partial charge in [0.1, 0.15) is 0 Å². The highest BCUT2D eigenvalue weighted by Crippen LogP contribution is 2.44. The third kappa shape index (κ3) is 5.67. The monoisotopic (exact) mass is 702 g/mol. The van der Waals surface area contributed by atoms with Crippen LogP contribution in [0.4, 0.5) is 11.4 Å². The summed E-state index contributed by atoms with van der Waals surface area (Å²) in [4.78, 5) is 52.4. The fourth-order valence-electron chi connectivity index (χ4n) is 7.16. The minimum Gasteiger partial charge on any atom is -0.312 e. The lowest BCUT2D eigenvalue weighted by atomic mass is 9.96. The minimum absolute atomic E-state index is 0.0671. The fourth-order valence-corrected chi connectivity index (χ4v) is 7.16. The molecule has 0 aliphatic heterocycles. The van der Waals surface area contributed by atoms with Crippen LogP contribution in [0.3, 0.4) is 0 Å². The summed E-state index contributed by atoms with van der Waals surface area (Å²) in [6.45, 7) is 29.2. The zero-order valence-corrected chi connectivity index (χ0v) is 28.8. The topological polar surface area (TPSA) is 68.6 Å². The van der Waals surface area contributed by atoms with Crippen molar-refractivity contribution in [3.8, 4) is 34.1 Å². The number of carbonyl (C=O) groups excluding carboxylic acids is 3. The van der Waals surface area contributed by atoms with E-state index in [1.165, 1.54) is 0 Å². The van der Waals surface area contributed by atoms with Crippen LogP contribution in [0.1, 0.15) is 70.0 Å². The maximum Gasteiger partial charge on any atom is 0.240 e. The quantitative estimate of drug-likeness (QED) is 0.133. The molecule has 9 rings (SSSR count). The third-order valence-corrected chi connectivity index (χ3v) is 9.76. The van der Waals surface area contributed by atoms with E-state index < -0.39 is 0 Å². The molecule has 3 aliphatic rings. The number of ketones is 3. The molecule has 0 spiro atoms. The van der Waals surface area contributed by atoms with Crippen molar-refractivity contribution in [1.82, 2.24) is 0 Å². The highest BCUT2D eigenvalue weighted by Gasteiger charge is 2.33. The highest BCUT2D eigenvalue weighted by atomic mass is 16.1. The van der Waals surface area contributed by atoms with E-state index in [9.17, 15) is 14.4 Å². The van der Waals surface area contributed by atoms with E-state index >= 15 is 0 Å². The molecule has 0 heterocycles. The average Bonchev–Trinajstić information content (AvgIpc) is 3.80. The van der Waals surface area contributed by atoms with Crippen molar-refractivity contribution in [1.29, 1.82) is 0 Å². The summed E-state index contributed by atoms with van der Waals surface area (Å²) in [6, 6.07) is 35.9. The van der Waals surface area contributed by atoms with Crippen LogP contribution in [0.2, 0.25) is 0 Å². The number of fused-ring (bicyclic) bond motifs is 7. The van der Waals surface area contributed by atoms with Crippen molar-refractivity contribution in [2.45, 2.75) is 6.54 Å². The fraction of sp³-hybridized carbons (Fsp3) is 0.0208. The number of allylic oxidation sites excluding steroid dienone is 1. The molecule has 7 nitrogen and oxygen atoms in total. The Morgan fingerprint density at radius 1 is 0.455 bits per heavy atom. The molecule has 7 heteroatoms. The van der Waals surface area contributed by atoms with Crippen LogP contribution in [-0.2, 0) is 6.54 Å². The minimum atomic E-state index is -0.195. The molecular formula is C48H22N4O3. The number of hydrogen-bond acceptors (Lipinski definition) is 3. The number of hydrogen-bond donors (Lipinski definition) is 0. The zero-order chi connectivity index (χ0) is 38.2. The molecule has 6 aromatic carbocycles. The van der Waals surface area contributed by atoms with Gasteiger partial charge in [0, 0.05) is 50.1 Å². The number of nitrogens with zero attached hydrogens (tertiary/aromatic N) is 4. The first kappa shape index (κ1) is 33.7. The predicted octanol–water partition coefficient (Wildman–Crippen LogP) is 10.7. The van der Waals surface area contributed by atoms with Crippen molar-refractivity contribution in [2.75, 3.05) is 0 Å². The van der Waals surface area contributed by atoms with Gasteiger partial charge in [-0.05, 0) is 69.8 Å². The van der Waals surface area contributed by atoms with Gasteiger partial charge in [-0.25, -0.2) is 21.1 Å². The summed E-state index contributed by atoms with van der Waals surface area (Å²) >= 11 is 0. The molecule has 0 saturated heterocycles. The predicted molar refractivity (Wildman–Crippen MR) is 210 cm³/mol. The summed E-state index contributed by atoms with van der Waals surface area (Å²) in [5, 5.41) is 0. The van der Waals surface area contributed by atoms with Crippen LogP contribution < -0.4 is 0 Å². The van der Waals surface area contributed by atoms with E-state index in [-0.39, 0.29) is 17.3 Å². The van der Waals surface area contributed by atoms with Crippen molar-refractivity contribution >= 4 is 40.0 Å². The van der Waals surface area contributed by atoms with Gasteiger partial charge in [0.05, 0.1) is 19.7 Å². The molecule has 0 aromatic heterocycles. The molecule has 0 unspecified atom stereocenters. The number of carbonyl (C=O) groups is 3. The van der Waals surface area contributed by atoms with Crippen LogP contribution in [0.5, 0.6) is 0 Å². The Bertz CT molecular complexity index is 3020. The molecule has 3 aliphatic carbocycles. The van der Waals surface area contributed by atoms with Crippen LogP contribution in [0.15, 0.2) is 121 Å². The third-order valence-electron chi connectivity index (χ3n) is 9.76. The molecule has 0 radical (unpaired) electrons. The van der Waals surface area contributed by atoms with E-state index in [1.54, 1.807) is 72.8 Å². The molecule has 6 aromatic rings. The number of Topliss-reactive ketones (excluding diaryl/α,β-unsaturated/α-hetero) is 1. The Labute approximate surface area is 316 Å². The normalized spacial score (nSPS) is 12.3. The molecule has 0 fully saturated rings. The highest BCUT2D eigenvalue weighted by molar-refractivity contribution is 6.41. The SMILES string of the molecule is [C-]#[N+]C1=C(c2ccc3c(c2)C(=O)c2cc([N+]#[C-])ccc2-3)C(=O)c2ccccc21.[C-]#[N+]Cc1ccccc1C#Cc1ccc2c(c1)C(=O)c1cc([N+]#[C-])ccc1-2. The second-order valence-corrected chi connectivity index (χ2v) is 12.8. The van der Waals surface area contributed by atoms with Crippen molar-refractivity contribution in [2.24, 2.45) is 0 Å². The maximum atomic E-state index is 12.9. The second kappa shape index (κ2) is 13.6. The van der Waals surface area contributed by atoms with Gasteiger partial charge < -0.3 is 4.85 Å². The largest absolute Gasteiger partial charge is 0.312 e. The Balaban J connectivity index is 0.000000155. The van der Waals surface area contributed by atoms with Gasteiger partial charge in [-0.1, -0.05) is 96.8 Å². The Morgan fingerprint density at radius 2 is 1.00 bits per heavy atom. The van der Waals surface area contributed by atoms with Gasteiger partial charge in [0.2, 0.25) is 12.2 Å². The summed E-state index contributed by atoms with van der Waals surface area (Å²) < 4.78 is 0. The van der Waals surface area contributed by atoms with Gasteiger partial charge in [0.25, 0.3) is 0 Å².